The van der Waals surface area contributed by atoms with Crippen LogP contribution in [-0.4, -0.2) is 18.4 Å². The molecule has 0 radical (unpaired) electrons. The Kier molecular flexibility index (Phi) is 2.59. The van der Waals surface area contributed by atoms with Crippen molar-refractivity contribution in [2.45, 2.75) is 25.9 Å². The summed E-state index contributed by atoms with van der Waals surface area (Å²) < 4.78 is 10.7. The van der Waals surface area contributed by atoms with Crippen molar-refractivity contribution < 1.29 is 18.7 Å². The predicted molar refractivity (Wildman–Crippen MR) is 61.9 cm³/mol. The molecule has 1 aromatic rings. The number of rotatable bonds is 3. The van der Waals surface area contributed by atoms with Crippen LogP contribution in [0.3, 0.4) is 0 Å². The first-order valence-corrected chi connectivity index (χ1v) is 5.99. The van der Waals surface area contributed by atoms with E-state index in [0.29, 0.717) is 31.0 Å². The molecule has 1 aliphatic heterocycles. The van der Waals surface area contributed by atoms with Gasteiger partial charge in [-0.25, -0.2) is 0 Å². The summed E-state index contributed by atoms with van der Waals surface area (Å²) in [5, 5.41) is 2.65. The molecule has 0 aromatic carbocycles. The summed E-state index contributed by atoms with van der Waals surface area (Å²) >= 11 is 0. The molecule has 3 N–H and O–H groups in total. The zero-order valence-electron chi connectivity index (χ0n) is 9.82. The molecule has 3 rings (SSSR count). The van der Waals surface area contributed by atoms with Gasteiger partial charge in [0.05, 0.1) is 6.61 Å². The number of ether oxygens (including phenoxy) is 1. The summed E-state index contributed by atoms with van der Waals surface area (Å²) in [5.74, 6) is 0.123. The van der Waals surface area contributed by atoms with Gasteiger partial charge in [0.25, 0.3) is 5.91 Å². The van der Waals surface area contributed by atoms with E-state index >= 15 is 0 Å². The van der Waals surface area contributed by atoms with Crippen LogP contribution < -0.4 is 11.1 Å². The summed E-state index contributed by atoms with van der Waals surface area (Å²) in [7, 11) is 0. The lowest BCUT2D eigenvalue weighted by atomic mass is 10.1. The summed E-state index contributed by atoms with van der Waals surface area (Å²) in [5.41, 5.74) is 6.42. The Hall–Kier alpha value is -1.82. The van der Waals surface area contributed by atoms with Crippen molar-refractivity contribution in [1.29, 1.82) is 0 Å². The summed E-state index contributed by atoms with van der Waals surface area (Å²) in [6, 6.07) is 0. The molecule has 96 valence electrons. The van der Waals surface area contributed by atoms with Gasteiger partial charge in [-0.1, -0.05) is 0 Å². The second-order valence-electron chi connectivity index (χ2n) is 4.64. The van der Waals surface area contributed by atoms with Crippen molar-refractivity contribution in [2.75, 3.05) is 11.9 Å². The third-order valence-electron chi connectivity index (χ3n) is 3.25. The zero-order chi connectivity index (χ0) is 12.7. The Morgan fingerprint density at radius 3 is 2.78 bits per heavy atom. The number of anilines is 1. The van der Waals surface area contributed by atoms with E-state index in [2.05, 4.69) is 5.32 Å². The van der Waals surface area contributed by atoms with Crippen LogP contribution in [0.5, 0.6) is 0 Å². The van der Waals surface area contributed by atoms with Crippen LogP contribution in [0.1, 0.15) is 34.5 Å². The molecule has 1 aromatic heterocycles. The first-order chi connectivity index (χ1) is 8.66. The standard InChI is InChI=1S/C12H14N2O4/c13-10(15)9-7-3-4-17-5-8(7)18-12(9)14-11(16)6-1-2-6/h6H,1-5H2,(H2,13,15)(H,14,16). The largest absolute Gasteiger partial charge is 0.442 e. The molecular weight excluding hydrogens is 236 g/mol. The number of carbonyl (C=O) groups excluding carboxylic acids is 2. The van der Waals surface area contributed by atoms with Crippen LogP contribution in [0.25, 0.3) is 0 Å². The SMILES string of the molecule is NC(=O)c1c(NC(=O)C2CC2)oc2c1CCOC2. The molecule has 6 heteroatoms. The van der Waals surface area contributed by atoms with Crippen LogP contribution in [0.15, 0.2) is 4.42 Å². The second kappa shape index (κ2) is 4.13. The van der Waals surface area contributed by atoms with Crippen molar-refractivity contribution in [3.8, 4) is 0 Å². The van der Waals surface area contributed by atoms with Gasteiger partial charge in [0.15, 0.2) is 0 Å². The molecule has 1 aliphatic carbocycles. The minimum absolute atomic E-state index is 0.0455. The Morgan fingerprint density at radius 1 is 1.33 bits per heavy atom. The smallest absolute Gasteiger partial charge is 0.254 e. The van der Waals surface area contributed by atoms with E-state index in [4.69, 9.17) is 14.9 Å². The lowest BCUT2D eigenvalue weighted by Crippen LogP contribution is -2.20. The van der Waals surface area contributed by atoms with Crippen LogP contribution in [0.2, 0.25) is 0 Å². The van der Waals surface area contributed by atoms with Gasteiger partial charge in [-0.15, -0.1) is 0 Å². The molecule has 1 fully saturated rings. The molecule has 2 aliphatic rings. The van der Waals surface area contributed by atoms with E-state index in [1.807, 2.05) is 0 Å². The number of hydrogen-bond donors (Lipinski definition) is 2. The third kappa shape index (κ3) is 1.88. The van der Waals surface area contributed by atoms with E-state index < -0.39 is 5.91 Å². The Morgan fingerprint density at radius 2 is 2.11 bits per heavy atom. The molecule has 0 spiro atoms. The molecule has 0 atom stereocenters. The van der Waals surface area contributed by atoms with Gasteiger partial charge in [0, 0.05) is 17.9 Å². The predicted octanol–water partition coefficient (Wildman–Crippen LogP) is 0.800. The number of furan rings is 1. The number of nitrogens with two attached hydrogens (primary N) is 1. The molecule has 0 unspecified atom stereocenters. The van der Waals surface area contributed by atoms with Crippen LogP contribution in [0, 0.1) is 5.92 Å². The van der Waals surface area contributed by atoms with Crippen molar-refractivity contribution in [2.24, 2.45) is 11.7 Å². The number of nitrogens with one attached hydrogen (secondary N) is 1. The van der Waals surface area contributed by atoms with Crippen molar-refractivity contribution >= 4 is 17.7 Å². The van der Waals surface area contributed by atoms with Crippen LogP contribution >= 0.6 is 0 Å². The molecule has 2 heterocycles. The van der Waals surface area contributed by atoms with Crippen LogP contribution in [0.4, 0.5) is 5.88 Å². The van der Waals surface area contributed by atoms with Gasteiger partial charge >= 0.3 is 0 Å². The summed E-state index contributed by atoms with van der Waals surface area (Å²) in [6.07, 6.45) is 2.36. The highest BCUT2D eigenvalue weighted by molar-refractivity contribution is 6.03. The molecule has 6 nitrogen and oxygen atoms in total. The molecule has 1 saturated carbocycles. The van der Waals surface area contributed by atoms with Crippen LogP contribution in [-0.2, 0) is 22.6 Å². The highest BCUT2D eigenvalue weighted by atomic mass is 16.5. The van der Waals surface area contributed by atoms with Gasteiger partial charge < -0.3 is 14.9 Å². The first-order valence-electron chi connectivity index (χ1n) is 5.99. The number of primary amides is 1. The van der Waals surface area contributed by atoms with Gasteiger partial charge in [0.1, 0.15) is 17.9 Å². The lowest BCUT2D eigenvalue weighted by molar-refractivity contribution is -0.117. The number of amides is 2. The average Bonchev–Trinajstić information content (AvgIpc) is 3.10. The van der Waals surface area contributed by atoms with Gasteiger partial charge in [-0.3, -0.25) is 14.9 Å². The van der Waals surface area contributed by atoms with Crippen molar-refractivity contribution in [3.05, 3.63) is 16.9 Å². The fourth-order valence-corrected chi connectivity index (χ4v) is 2.14. The molecule has 0 bridgehead atoms. The molecule has 2 amide bonds. The topological polar surface area (TPSA) is 94.6 Å². The second-order valence-corrected chi connectivity index (χ2v) is 4.64. The highest BCUT2D eigenvalue weighted by Crippen LogP contribution is 2.34. The third-order valence-corrected chi connectivity index (χ3v) is 3.25. The highest BCUT2D eigenvalue weighted by Gasteiger charge is 2.33. The van der Waals surface area contributed by atoms with E-state index in [0.717, 1.165) is 18.4 Å². The Bertz CT molecular complexity index is 516. The normalized spacial score (nSPS) is 18.2. The maximum atomic E-state index is 11.7. The molecule has 18 heavy (non-hydrogen) atoms. The molecular formula is C12H14N2O4. The van der Waals surface area contributed by atoms with Gasteiger partial charge in [-0.2, -0.15) is 0 Å². The Balaban J connectivity index is 1.94. The number of hydrogen-bond acceptors (Lipinski definition) is 4. The van der Waals surface area contributed by atoms with E-state index in [1.165, 1.54) is 0 Å². The summed E-state index contributed by atoms with van der Waals surface area (Å²) in [4.78, 5) is 23.2. The maximum absolute atomic E-state index is 11.7. The van der Waals surface area contributed by atoms with E-state index in [9.17, 15) is 9.59 Å². The minimum Gasteiger partial charge on any atom is -0.442 e. The molecule has 0 saturated heterocycles. The monoisotopic (exact) mass is 250 g/mol. The number of fused-ring (bicyclic) bond motifs is 1. The number of carbonyl (C=O) groups is 2. The lowest BCUT2D eigenvalue weighted by Gasteiger charge is -2.10. The summed E-state index contributed by atoms with van der Waals surface area (Å²) in [6.45, 7) is 0.845. The van der Waals surface area contributed by atoms with Gasteiger partial charge in [-0.05, 0) is 12.8 Å². The average molecular weight is 250 g/mol. The fourth-order valence-electron chi connectivity index (χ4n) is 2.14. The van der Waals surface area contributed by atoms with E-state index in [1.54, 1.807) is 0 Å². The quantitative estimate of drug-likeness (QED) is 0.829. The van der Waals surface area contributed by atoms with E-state index in [-0.39, 0.29) is 17.7 Å². The van der Waals surface area contributed by atoms with Crippen molar-refractivity contribution in [1.82, 2.24) is 0 Å². The van der Waals surface area contributed by atoms with Crippen molar-refractivity contribution in [3.63, 3.8) is 0 Å². The zero-order valence-corrected chi connectivity index (χ0v) is 9.82. The Labute approximate surface area is 103 Å². The fraction of sp³-hybridized carbons (Fsp3) is 0.500. The first kappa shape index (κ1) is 11.3. The maximum Gasteiger partial charge on any atom is 0.254 e. The van der Waals surface area contributed by atoms with Gasteiger partial charge in [0.2, 0.25) is 11.8 Å². The minimum atomic E-state index is -0.576.